The molecule has 3 nitrogen and oxygen atoms in total. The van der Waals surface area contributed by atoms with Crippen LogP contribution >= 0.6 is 0 Å². The first-order valence-electron chi connectivity index (χ1n) is 9.11. The number of ketones is 1. The van der Waals surface area contributed by atoms with E-state index in [0.717, 1.165) is 18.9 Å². The Hall–Kier alpha value is -1.78. The molecule has 1 aromatic rings. The fraction of sp³-hybridized carbons (Fsp3) is 0.600. The first-order valence-corrected chi connectivity index (χ1v) is 9.11. The molecule has 0 aliphatic heterocycles. The van der Waals surface area contributed by atoms with Crippen LogP contribution < -0.4 is 5.73 Å². The van der Waals surface area contributed by atoms with E-state index in [1.54, 1.807) is 0 Å². The summed E-state index contributed by atoms with van der Waals surface area (Å²) < 4.78 is 26.5. The van der Waals surface area contributed by atoms with E-state index in [0.29, 0.717) is 30.7 Å². The molecule has 1 aromatic carbocycles. The Bertz CT molecular complexity index is 565. The van der Waals surface area contributed by atoms with Crippen LogP contribution in [0.15, 0.2) is 18.2 Å². The van der Waals surface area contributed by atoms with E-state index in [1.807, 2.05) is 13.8 Å². The predicted octanol–water partition coefficient (Wildman–Crippen LogP) is 4.42. The highest BCUT2D eigenvalue weighted by Crippen LogP contribution is 2.36. The molecule has 2 rings (SSSR count). The third-order valence-electron chi connectivity index (χ3n) is 4.85. The van der Waals surface area contributed by atoms with E-state index >= 15 is 0 Å². The largest absolute Gasteiger partial charge is 0.369 e. The van der Waals surface area contributed by atoms with Crippen LogP contribution in [0, 0.1) is 29.4 Å². The minimum Gasteiger partial charge on any atom is -0.369 e. The lowest BCUT2D eigenvalue weighted by atomic mass is 9.73. The molecule has 0 saturated heterocycles. The lowest BCUT2D eigenvalue weighted by Gasteiger charge is -2.31. The average molecular weight is 353 g/mol. The third-order valence-corrected chi connectivity index (χ3v) is 4.85. The van der Waals surface area contributed by atoms with Crippen LogP contribution in [-0.2, 0) is 16.0 Å². The fourth-order valence-electron chi connectivity index (χ4n) is 3.32. The standard InChI is InChI=1S/C18H23F2NO2.C2H6/c1-11(22)17(9-12-3-2-4-12)16(18(21)23)6-5-13-7-14(19)10-15(20)8-13;1-2/h7-8,10,12,16-17H,2-6,9H2,1H3,(H2,21,23);1-2H3. The number of hydrogen-bond acceptors (Lipinski definition) is 2. The van der Waals surface area contributed by atoms with Gasteiger partial charge in [0.2, 0.25) is 5.91 Å². The molecular formula is C20H29F2NO2. The van der Waals surface area contributed by atoms with Gasteiger partial charge in [0.25, 0.3) is 0 Å². The summed E-state index contributed by atoms with van der Waals surface area (Å²) in [5.74, 6) is -2.33. The predicted molar refractivity (Wildman–Crippen MR) is 94.8 cm³/mol. The maximum Gasteiger partial charge on any atom is 0.221 e. The summed E-state index contributed by atoms with van der Waals surface area (Å²) in [5.41, 5.74) is 5.97. The van der Waals surface area contributed by atoms with Crippen LogP contribution in [0.1, 0.15) is 58.4 Å². The summed E-state index contributed by atoms with van der Waals surface area (Å²) in [6.45, 7) is 5.49. The van der Waals surface area contributed by atoms with Crippen molar-refractivity contribution in [3.63, 3.8) is 0 Å². The van der Waals surface area contributed by atoms with E-state index in [1.165, 1.54) is 25.5 Å². The molecule has 2 unspecified atom stereocenters. The van der Waals surface area contributed by atoms with Gasteiger partial charge in [-0.05, 0) is 49.8 Å². The molecule has 140 valence electrons. The van der Waals surface area contributed by atoms with Crippen LogP contribution in [0.5, 0.6) is 0 Å². The summed E-state index contributed by atoms with van der Waals surface area (Å²) in [4.78, 5) is 23.8. The van der Waals surface area contributed by atoms with Gasteiger partial charge in [-0.3, -0.25) is 9.59 Å². The second kappa shape index (κ2) is 10.3. The average Bonchev–Trinajstić information content (AvgIpc) is 2.49. The number of carbonyl (C=O) groups is 2. The molecule has 0 heterocycles. The highest BCUT2D eigenvalue weighted by atomic mass is 19.1. The smallest absolute Gasteiger partial charge is 0.221 e. The molecule has 1 fully saturated rings. The zero-order valence-electron chi connectivity index (χ0n) is 15.4. The molecule has 0 aromatic heterocycles. The van der Waals surface area contributed by atoms with Gasteiger partial charge in [0, 0.05) is 17.9 Å². The van der Waals surface area contributed by atoms with Crippen molar-refractivity contribution in [1.29, 1.82) is 0 Å². The number of rotatable bonds is 8. The van der Waals surface area contributed by atoms with E-state index < -0.39 is 29.4 Å². The summed E-state index contributed by atoms with van der Waals surface area (Å²) in [5, 5.41) is 0. The molecule has 2 N–H and O–H groups in total. The summed E-state index contributed by atoms with van der Waals surface area (Å²) >= 11 is 0. The number of benzene rings is 1. The van der Waals surface area contributed by atoms with E-state index in [4.69, 9.17) is 5.73 Å². The van der Waals surface area contributed by atoms with E-state index in [9.17, 15) is 18.4 Å². The molecule has 0 bridgehead atoms. The molecule has 5 heteroatoms. The molecule has 1 aliphatic carbocycles. The number of halogens is 2. The van der Waals surface area contributed by atoms with Crippen LogP contribution in [0.2, 0.25) is 0 Å². The Morgan fingerprint density at radius 1 is 1.12 bits per heavy atom. The topological polar surface area (TPSA) is 60.2 Å². The molecular weight excluding hydrogens is 324 g/mol. The molecule has 0 spiro atoms. The number of hydrogen-bond donors (Lipinski definition) is 1. The summed E-state index contributed by atoms with van der Waals surface area (Å²) in [7, 11) is 0. The highest BCUT2D eigenvalue weighted by Gasteiger charge is 2.33. The van der Waals surface area contributed by atoms with Gasteiger partial charge in [0.15, 0.2) is 0 Å². The Balaban J connectivity index is 0.00000151. The monoisotopic (exact) mass is 353 g/mol. The Morgan fingerprint density at radius 2 is 1.68 bits per heavy atom. The number of nitrogens with two attached hydrogens (primary N) is 1. The first-order chi connectivity index (χ1) is 11.9. The second-order valence-electron chi connectivity index (χ2n) is 6.58. The third kappa shape index (κ3) is 6.56. The lowest BCUT2D eigenvalue weighted by molar-refractivity contribution is -0.132. The van der Waals surface area contributed by atoms with Crippen molar-refractivity contribution in [3.05, 3.63) is 35.4 Å². The number of carbonyl (C=O) groups excluding carboxylic acids is 2. The van der Waals surface area contributed by atoms with Crippen molar-refractivity contribution in [1.82, 2.24) is 0 Å². The van der Waals surface area contributed by atoms with Gasteiger partial charge >= 0.3 is 0 Å². The number of aryl methyl sites for hydroxylation is 1. The molecule has 1 amide bonds. The van der Waals surface area contributed by atoms with Crippen molar-refractivity contribution in [3.8, 4) is 0 Å². The highest BCUT2D eigenvalue weighted by molar-refractivity contribution is 5.86. The Labute approximate surface area is 149 Å². The van der Waals surface area contributed by atoms with Crippen molar-refractivity contribution >= 4 is 11.7 Å². The first kappa shape index (κ1) is 21.3. The molecule has 2 atom stereocenters. The quantitative estimate of drug-likeness (QED) is 0.752. The maximum absolute atomic E-state index is 13.2. The van der Waals surface area contributed by atoms with Crippen molar-refractivity contribution in [2.24, 2.45) is 23.5 Å². The number of primary amides is 1. The Morgan fingerprint density at radius 3 is 2.08 bits per heavy atom. The van der Waals surface area contributed by atoms with Gasteiger partial charge in [0.1, 0.15) is 17.4 Å². The minimum absolute atomic E-state index is 0.0360. The summed E-state index contributed by atoms with van der Waals surface area (Å²) in [6.07, 6.45) is 4.67. The van der Waals surface area contributed by atoms with Gasteiger partial charge < -0.3 is 5.73 Å². The van der Waals surface area contributed by atoms with Gasteiger partial charge in [-0.15, -0.1) is 0 Å². The van der Waals surface area contributed by atoms with Gasteiger partial charge in [-0.1, -0.05) is 33.1 Å². The second-order valence-corrected chi connectivity index (χ2v) is 6.58. The van der Waals surface area contributed by atoms with Crippen LogP contribution in [0.4, 0.5) is 8.78 Å². The molecule has 1 saturated carbocycles. The lowest BCUT2D eigenvalue weighted by Crippen LogP contribution is -2.36. The fourth-order valence-corrected chi connectivity index (χ4v) is 3.32. The van der Waals surface area contributed by atoms with E-state index in [-0.39, 0.29) is 5.78 Å². The van der Waals surface area contributed by atoms with Crippen LogP contribution in [0.3, 0.4) is 0 Å². The van der Waals surface area contributed by atoms with Gasteiger partial charge in [-0.25, -0.2) is 8.78 Å². The number of Topliss-reactive ketones (excluding diaryl/α,β-unsaturated/α-hetero) is 1. The minimum atomic E-state index is -0.645. The molecule has 0 radical (unpaired) electrons. The van der Waals surface area contributed by atoms with Crippen LogP contribution in [-0.4, -0.2) is 11.7 Å². The zero-order valence-corrected chi connectivity index (χ0v) is 15.4. The maximum atomic E-state index is 13.2. The zero-order chi connectivity index (χ0) is 19.0. The summed E-state index contributed by atoms with van der Waals surface area (Å²) in [6, 6.07) is 3.30. The van der Waals surface area contributed by atoms with Gasteiger partial charge in [-0.2, -0.15) is 0 Å². The van der Waals surface area contributed by atoms with Gasteiger partial charge in [0.05, 0.1) is 0 Å². The van der Waals surface area contributed by atoms with Crippen LogP contribution in [0.25, 0.3) is 0 Å². The van der Waals surface area contributed by atoms with Crippen molar-refractivity contribution in [2.45, 2.75) is 59.3 Å². The van der Waals surface area contributed by atoms with E-state index in [2.05, 4.69) is 0 Å². The van der Waals surface area contributed by atoms with Crippen molar-refractivity contribution in [2.75, 3.05) is 0 Å². The normalized spacial score (nSPS) is 16.2. The molecule has 1 aliphatic rings. The Kier molecular flexibility index (Phi) is 8.73. The molecule has 25 heavy (non-hydrogen) atoms. The van der Waals surface area contributed by atoms with Crippen molar-refractivity contribution < 1.29 is 18.4 Å². The SMILES string of the molecule is CC.CC(=O)C(CC1CCC1)C(CCc1cc(F)cc(F)c1)C(N)=O. The number of amides is 1.